The summed E-state index contributed by atoms with van der Waals surface area (Å²) < 4.78 is 27.2. The maximum Gasteiger partial charge on any atom is 0.224 e. The first kappa shape index (κ1) is 31.6. The lowest BCUT2D eigenvalue weighted by Gasteiger charge is -2.28. The van der Waals surface area contributed by atoms with Gasteiger partial charge in [-0.2, -0.15) is 0 Å². The number of halogens is 2. The zero-order valence-electron chi connectivity index (χ0n) is 23.4. The number of hydrogen-bond donors (Lipinski definition) is 3. The number of Topliss-reactive ketones (excluding diaryl/α,β-unsaturated/α-hetero) is 1. The fourth-order valence-electron chi connectivity index (χ4n) is 4.52. The third kappa shape index (κ3) is 10.2. The van der Waals surface area contributed by atoms with Crippen LogP contribution in [0.5, 0.6) is 0 Å². The maximum atomic E-state index is 13.6. The predicted octanol–water partition coefficient (Wildman–Crippen LogP) is 4.80. The van der Waals surface area contributed by atoms with Crippen LogP contribution < -0.4 is 11.1 Å². The molecule has 0 bridgehead atoms. The lowest BCUT2D eigenvalue weighted by molar-refractivity contribution is -0.133. The van der Waals surface area contributed by atoms with E-state index in [4.69, 9.17) is 5.73 Å². The highest BCUT2D eigenvalue weighted by Gasteiger charge is 2.23. The second-order valence-electron chi connectivity index (χ2n) is 10.2. The highest BCUT2D eigenvalue weighted by molar-refractivity contribution is 5.97. The van der Waals surface area contributed by atoms with Crippen molar-refractivity contribution in [2.24, 2.45) is 5.73 Å². The van der Waals surface area contributed by atoms with Crippen LogP contribution in [0.1, 0.15) is 60.2 Å². The van der Waals surface area contributed by atoms with Crippen molar-refractivity contribution in [1.82, 2.24) is 4.90 Å². The van der Waals surface area contributed by atoms with Gasteiger partial charge in [-0.05, 0) is 67.1 Å². The standard InChI is InChI=1S/C32H37F2N3O4/c1-3-22-7-4-8-23(13-22)19-37(20-30(39)29(35)16-24-14-26(33)18-27(34)15-24)32(41)12-6-11-31(40)36-28-10-5-9-25(17-28)21(2)38/h4-5,7-10,13-15,17-18,29-30,39H,3,6,11-12,16,19-20,35H2,1-2H3,(H,36,40). The van der Waals surface area contributed by atoms with Crippen LogP contribution in [0.25, 0.3) is 0 Å². The molecule has 3 rings (SSSR count). The van der Waals surface area contributed by atoms with Gasteiger partial charge in [-0.1, -0.05) is 43.3 Å². The number of carbonyl (C=O) groups is 3. The van der Waals surface area contributed by atoms with E-state index >= 15 is 0 Å². The van der Waals surface area contributed by atoms with E-state index in [0.29, 0.717) is 16.8 Å². The zero-order chi connectivity index (χ0) is 29.9. The smallest absolute Gasteiger partial charge is 0.224 e. The third-order valence-corrected chi connectivity index (χ3v) is 6.77. The normalized spacial score (nSPS) is 12.4. The Bertz CT molecular complexity index is 1340. The Kier molecular flexibility index (Phi) is 11.7. The van der Waals surface area contributed by atoms with E-state index in [2.05, 4.69) is 5.32 Å². The summed E-state index contributed by atoms with van der Waals surface area (Å²) in [5.41, 5.74) is 9.45. The van der Waals surface area contributed by atoms with Crippen LogP contribution in [0.2, 0.25) is 0 Å². The van der Waals surface area contributed by atoms with Crippen molar-refractivity contribution in [2.75, 3.05) is 11.9 Å². The quantitative estimate of drug-likeness (QED) is 0.243. The third-order valence-electron chi connectivity index (χ3n) is 6.77. The number of benzene rings is 3. The van der Waals surface area contributed by atoms with Gasteiger partial charge in [-0.3, -0.25) is 14.4 Å². The van der Waals surface area contributed by atoms with Crippen molar-refractivity contribution in [1.29, 1.82) is 0 Å². The lowest BCUT2D eigenvalue weighted by Crippen LogP contribution is -2.46. The molecule has 0 fully saturated rings. The summed E-state index contributed by atoms with van der Waals surface area (Å²) in [6.07, 6.45) is 0.107. The van der Waals surface area contributed by atoms with Crippen LogP contribution in [0.4, 0.5) is 14.5 Å². The molecule has 3 aromatic rings. The van der Waals surface area contributed by atoms with Crippen molar-refractivity contribution in [2.45, 2.75) is 64.6 Å². The molecule has 0 aliphatic carbocycles. The molecule has 0 heterocycles. The number of hydrogen-bond acceptors (Lipinski definition) is 5. The highest BCUT2D eigenvalue weighted by Crippen LogP contribution is 2.16. The molecule has 0 aliphatic heterocycles. The van der Waals surface area contributed by atoms with Crippen LogP contribution in [0.3, 0.4) is 0 Å². The van der Waals surface area contributed by atoms with Crippen molar-refractivity contribution in [3.8, 4) is 0 Å². The minimum Gasteiger partial charge on any atom is -0.390 e. The lowest BCUT2D eigenvalue weighted by atomic mass is 10.0. The van der Waals surface area contributed by atoms with Gasteiger partial charge in [0.2, 0.25) is 11.8 Å². The zero-order valence-corrected chi connectivity index (χ0v) is 23.4. The first-order chi connectivity index (χ1) is 19.5. The molecule has 0 saturated heterocycles. The van der Waals surface area contributed by atoms with Crippen LogP contribution >= 0.6 is 0 Å². The van der Waals surface area contributed by atoms with E-state index in [1.54, 1.807) is 24.3 Å². The van der Waals surface area contributed by atoms with Crippen molar-refractivity contribution < 1.29 is 28.3 Å². The first-order valence-corrected chi connectivity index (χ1v) is 13.7. The van der Waals surface area contributed by atoms with Gasteiger partial charge >= 0.3 is 0 Å². The van der Waals surface area contributed by atoms with Crippen LogP contribution in [0.15, 0.2) is 66.7 Å². The average Bonchev–Trinajstić information content (AvgIpc) is 2.92. The maximum absolute atomic E-state index is 13.6. The van der Waals surface area contributed by atoms with Gasteiger partial charge in [0.05, 0.1) is 6.10 Å². The minimum atomic E-state index is -1.16. The highest BCUT2D eigenvalue weighted by atomic mass is 19.1. The fourth-order valence-corrected chi connectivity index (χ4v) is 4.52. The number of nitrogens with two attached hydrogens (primary N) is 1. The summed E-state index contributed by atoms with van der Waals surface area (Å²) in [7, 11) is 0. The van der Waals surface area contributed by atoms with Gasteiger partial charge in [-0.25, -0.2) is 8.78 Å². The number of nitrogens with one attached hydrogen (secondary N) is 1. The Morgan fingerprint density at radius 3 is 2.29 bits per heavy atom. The van der Waals surface area contributed by atoms with Crippen molar-refractivity contribution >= 4 is 23.3 Å². The molecule has 2 unspecified atom stereocenters. The molecule has 2 amide bonds. The molecule has 4 N–H and O–H groups in total. The molecule has 0 radical (unpaired) electrons. The van der Waals surface area contributed by atoms with Crippen molar-refractivity contribution in [3.05, 3.63) is 101 Å². The molecular formula is C32H37F2N3O4. The van der Waals surface area contributed by atoms with E-state index < -0.39 is 23.8 Å². The molecule has 0 saturated carbocycles. The second-order valence-corrected chi connectivity index (χ2v) is 10.2. The molecule has 2 atom stereocenters. The Hall–Kier alpha value is -3.95. The number of nitrogens with zero attached hydrogens (tertiary/aromatic N) is 1. The summed E-state index contributed by atoms with van der Waals surface area (Å²) in [5, 5.41) is 13.6. The number of rotatable bonds is 14. The average molecular weight is 566 g/mol. The Labute approximate surface area is 239 Å². The summed E-state index contributed by atoms with van der Waals surface area (Å²) in [4.78, 5) is 38.8. The van der Waals surface area contributed by atoms with Crippen LogP contribution in [-0.4, -0.2) is 46.3 Å². The number of aryl methyl sites for hydroxylation is 1. The Balaban J connectivity index is 1.63. The largest absolute Gasteiger partial charge is 0.390 e. The SMILES string of the molecule is CCc1cccc(CN(CC(O)C(N)Cc2cc(F)cc(F)c2)C(=O)CCCC(=O)Nc2cccc(C(C)=O)c2)c1. The molecular weight excluding hydrogens is 528 g/mol. The van der Waals surface area contributed by atoms with Gasteiger partial charge in [0.15, 0.2) is 5.78 Å². The second kappa shape index (κ2) is 15.2. The van der Waals surface area contributed by atoms with E-state index in [-0.39, 0.29) is 56.4 Å². The Morgan fingerprint density at radius 1 is 0.927 bits per heavy atom. The van der Waals surface area contributed by atoms with Gasteiger partial charge in [0.25, 0.3) is 0 Å². The summed E-state index contributed by atoms with van der Waals surface area (Å²) in [6, 6.07) is 16.6. The van der Waals surface area contributed by atoms with Gasteiger partial charge < -0.3 is 21.1 Å². The van der Waals surface area contributed by atoms with E-state index in [1.165, 1.54) is 11.8 Å². The van der Waals surface area contributed by atoms with E-state index in [0.717, 1.165) is 35.7 Å². The molecule has 41 heavy (non-hydrogen) atoms. The van der Waals surface area contributed by atoms with Crippen molar-refractivity contribution in [3.63, 3.8) is 0 Å². The number of aliphatic hydroxyl groups is 1. The summed E-state index contributed by atoms with van der Waals surface area (Å²) >= 11 is 0. The summed E-state index contributed by atoms with van der Waals surface area (Å²) in [6.45, 7) is 3.62. The Morgan fingerprint density at radius 2 is 1.61 bits per heavy atom. The molecule has 3 aromatic carbocycles. The van der Waals surface area contributed by atoms with Gasteiger partial charge in [-0.15, -0.1) is 0 Å². The molecule has 0 spiro atoms. The first-order valence-electron chi connectivity index (χ1n) is 13.7. The van der Waals surface area contributed by atoms with Crippen LogP contribution in [0, 0.1) is 11.6 Å². The fraction of sp³-hybridized carbons (Fsp3) is 0.344. The minimum absolute atomic E-state index is 0.0220. The number of amides is 2. The molecule has 218 valence electrons. The summed E-state index contributed by atoms with van der Waals surface area (Å²) in [5.74, 6) is -2.12. The number of aliphatic hydroxyl groups excluding tert-OH is 1. The monoisotopic (exact) mass is 565 g/mol. The van der Waals surface area contributed by atoms with E-state index in [9.17, 15) is 28.3 Å². The van der Waals surface area contributed by atoms with Gasteiger partial charge in [0, 0.05) is 49.3 Å². The van der Waals surface area contributed by atoms with Crippen LogP contribution in [-0.2, 0) is 29.0 Å². The van der Waals surface area contributed by atoms with E-state index in [1.807, 2.05) is 31.2 Å². The number of ketones is 1. The molecule has 9 heteroatoms. The topological polar surface area (TPSA) is 113 Å². The number of carbonyl (C=O) groups excluding carboxylic acids is 3. The predicted molar refractivity (Wildman–Crippen MR) is 154 cm³/mol. The molecule has 7 nitrogen and oxygen atoms in total. The molecule has 0 aliphatic rings. The van der Waals surface area contributed by atoms with Gasteiger partial charge in [0.1, 0.15) is 11.6 Å². The number of anilines is 1. The molecule has 0 aromatic heterocycles.